The van der Waals surface area contributed by atoms with Crippen LogP contribution in [0.1, 0.15) is 44.6 Å². The molecule has 4 N–H and O–H groups in total. The second kappa shape index (κ2) is 9.71. The molecule has 180 valence electrons. The molecule has 3 aromatic rings. The first-order valence-electron chi connectivity index (χ1n) is 11.6. The number of nitrogens with zero attached hydrogens (tertiary/aromatic N) is 4. The molecule has 1 aromatic carbocycles. The van der Waals surface area contributed by atoms with Crippen LogP contribution in [0.3, 0.4) is 0 Å². The molecule has 9 nitrogen and oxygen atoms in total. The highest BCUT2D eigenvalue weighted by molar-refractivity contribution is 6.30. The van der Waals surface area contributed by atoms with Gasteiger partial charge >= 0.3 is 0 Å². The lowest BCUT2D eigenvalue weighted by Crippen LogP contribution is -2.29. The molecule has 1 aliphatic heterocycles. The summed E-state index contributed by atoms with van der Waals surface area (Å²) in [5, 5.41) is 6.83. The Kier molecular flexibility index (Phi) is 6.51. The molecular formula is C23H27ClFN7O2. The number of rotatable bonds is 6. The van der Waals surface area contributed by atoms with E-state index in [4.69, 9.17) is 27.1 Å². The fourth-order valence-corrected chi connectivity index (χ4v) is 4.91. The molecule has 1 saturated carbocycles. The van der Waals surface area contributed by atoms with Crippen LogP contribution in [-0.4, -0.2) is 44.7 Å². The molecular weight excluding hydrogens is 461 g/mol. The smallest absolute Gasteiger partial charge is 0.224 e. The van der Waals surface area contributed by atoms with Crippen molar-refractivity contribution in [2.45, 2.75) is 50.6 Å². The fourth-order valence-electron chi connectivity index (χ4n) is 4.75. The van der Waals surface area contributed by atoms with Crippen LogP contribution < -0.4 is 16.4 Å². The number of fused-ring (bicyclic) bond motifs is 1. The maximum atomic E-state index is 14.5. The van der Waals surface area contributed by atoms with Crippen LogP contribution >= 0.6 is 11.6 Å². The normalized spacial score (nSPS) is 21.5. The molecule has 0 radical (unpaired) electrons. The van der Waals surface area contributed by atoms with Crippen molar-refractivity contribution in [3.8, 4) is 0 Å². The number of imidazole rings is 1. The highest BCUT2D eigenvalue weighted by Gasteiger charge is 2.29. The minimum atomic E-state index is -0.475. The molecule has 11 heteroatoms. The van der Waals surface area contributed by atoms with Gasteiger partial charge in [0.15, 0.2) is 5.65 Å². The Bertz CT molecular complexity index is 1190. The van der Waals surface area contributed by atoms with Crippen molar-refractivity contribution in [2.75, 3.05) is 23.8 Å². The summed E-state index contributed by atoms with van der Waals surface area (Å²) in [7, 11) is 0. The molecule has 0 spiro atoms. The summed E-state index contributed by atoms with van der Waals surface area (Å²) in [4.78, 5) is 25.6. The van der Waals surface area contributed by atoms with Crippen molar-refractivity contribution in [3.63, 3.8) is 0 Å². The van der Waals surface area contributed by atoms with E-state index in [1.807, 2.05) is 4.57 Å². The number of carbonyl (C=O) groups excluding carboxylic acids is 1. The number of nitrogens with one attached hydrogen (secondary N) is 2. The number of aromatic nitrogens is 4. The van der Waals surface area contributed by atoms with Gasteiger partial charge in [-0.2, -0.15) is 4.98 Å². The third kappa shape index (κ3) is 4.78. The largest absolute Gasteiger partial charge is 0.381 e. The number of carbonyl (C=O) groups is 1. The summed E-state index contributed by atoms with van der Waals surface area (Å²) in [6, 6.07) is 4.73. The molecule has 2 fully saturated rings. The zero-order valence-corrected chi connectivity index (χ0v) is 19.4. The number of anilines is 3. The Labute approximate surface area is 201 Å². The van der Waals surface area contributed by atoms with Gasteiger partial charge in [0.25, 0.3) is 0 Å². The highest BCUT2D eigenvalue weighted by atomic mass is 35.5. The van der Waals surface area contributed by atoms with Crippen molar-refractivity contribution in [1.82, 2.24) is 19.5 Å². The van der Waals surface area contributed by atoms with E-state index in [0.717, 1.165) is 25.7 Å². The summed E-state index contributed by atoms with van der Waals surface area (Å²) in [5.41, 5.74) is 7.05. The maximum absolute atomic E-state index is 14.5. The zero-order valence-electron chi connectivity index (χ0n) is 18.6. The third-order valence-corrected chi connectivity index (χ3v) is 6.86. The molecule has 0 bridgehead atoms. The van der Waals surface area contributed by atoms with Gasteiger partial charge in [-0.3, -0.25) is 9.36 Å². The van der Waals surface area contributed by atoms with Crippen molar-refractivity contribution < 1.29 is 13.9 Å². The Morgan fingerprint density at radius 1 is 1.15 bits per heavy atom. The van der Waals surface area contributed by atoms with Crippen LogP contribution in [-0.2, 0) is 9.53 Å². The predicted molar refractivity (Wildman–Crippen MR) is 128 cm³/mol. The van der Waals surface area contributed by atoms with Crippen LogP contribution in [0.15, 0.2) is 24.4 Å². The summed E-state index contributed by atoms with van der Waals surface area (Å²) in [6.07, 6.45) is 6.31. The molecule has 3 heterocycles. The van der Waals surface area contributed by atoms with Gasteiger partial charge in [0.05, 0.1) is 11.9 Å². The van der Waals surface area contributed by atoms with E-state index in [2.05, 4.69) is 20.6 Å². The fraction of sp³-hybridized carbons (Fsp3) is 0.478. The van der Waals surface area contributed by atoms with Crippen molar-refractivity contribution in [3.05, 3.63) is 35.2 Å². The standard InChI is InChI=1S/C23H27ClFN7O2/c24-14-3-6-18(17(25)11-14)29-23-30-19-12-27-22(28-15-7-9-34-10-8-15)31-21(19)32(23)16-4-1-13(2-5-16)20(26)33/h3,6,11-13,15-16H,1-2,4-5,7-10H2,(H2,26,33)(H,29,30)(H,27,28,31)/t13-,16+. The second-order valence-corrected chi connectivity index (χ2v) is 9.33. The van der Waals surface area contributed by atoms with Crippen LogP contribution in [0.2, 0.25) is 5.02 Å². The molecule has 1 aliphatic carbocycles. The summed E-state index contributed by atoms with van der Waals surface area (Å²) >= 11 is 5.91. The van der Waals surface area contributed by atoms with E-state index in [0.29, 0.717) is 54.1 Å². The number of halogens is 2. The first kappa shape index (κ1) is 22.8. The summed E-state index contributed by atoms with van der Waals surface area (Å²) < 4.78 is 22.0. The number of primary amides is 1. The summed E-state index contributed by atoms with van der Waals surface area (Å²) in [6.45, 7) is 1.42. The van der Waals surface area contributed by atoms with Gasteiger partial charge in [-0.15, -0.1) is 0 Å². The van der Waals surface area contributed by atoms with Gasteiger partial charge in [0, 0.05) is 36.2 Å². The highest BCUT2D eigenvalue weighted by Crippen LogP contribution is 2.37. The lowest BCUT2D eigenvalue weighted by Gasteiger charge is -2.29. The Balaban J connectivity index is 1.50. The summed E-state index contributed by atoms with van der Waals surface area (Å²) in [5.74, 6) is 0.126. The minimum Gasteiger partial charge on any atom is -0.381 e. The van der Waals surface area contributed by atoms with Gasteiger partial charge in [-0.25, -0.2) is 14.4 Å². The van der Waals surface area contributed by atoms with Crippen molar-refractivity contribution in [2.24, 2.45) is 11.7 Å². The third-order valence-electron chi connectivity index (χ3n) is 6.63. The number of nitrogens with two attached hydrogens (primary N) is 1. The quantitative estimate of drug-likeness (QED) is 0.477. The molecule has 1 amide bonds. The average Bonchev–Trinajstić information content (AvgIpc) is 3.19. The Hall–Kier alpha value is -2.98. The predicted octanol–water partition coefficient (Wildman–Crippen LogP) is 4.17. The lowest BCUT2D eigenvalue weighted by atomic mass is 9.85. The number of benzene rings is 1. The van der Waals surface area contributed by atoms with Crippen LogP contribution in [0.25, 0.3) is 11.2 Å². The molecule has 5 rings (SSSR count). The van der Waals surface area contributed by atoms with Crippen LogP contribution in [0.4, 0.5) is 22.0 Å². The van der Waals surface area contributed by atoms with Gasteiger partial charge in [-0.1, -0.05) is 11.6 Å². The second-order valence-electron chi connectivity index (χ2n) is 8.90. The first-order valence-corrected chi connectivity index (χ1v) is 12.0. The van der Waals surface area contributed by atoms with Crippen LogP contribution in [0.5, 0.6) is 0 Å². The SMILES string of the molecule is NC(=O)[C@H]1CC[C@@H](n2c(Nc3ccc(Cl)cc3F)nc3cnc(NC4CCOCC4)nc32)CC1. The lowest BCUT2D eigenvalue weighted by molar-refractivity contribution is -0.122. The molecule has 1 saturated heterocycles. The monoisotopic (exact) mass is 487 g/mol. The first-order chi connectivity index (χ1) is 16.5. The number of hydrogen-bond acceptors (Lipinski definition) is 7. The van der Waals surface area contributed by atoms with E-state index < -0.39 is 5.82 Å². The average molecular weight is 488 g/mol. The Morgan fingerprint density at radius 2 is 1.91 bits per heavy atom. The van der Waals surface area contributed by atoms with E-state index in [9.17, 15) is 9.18 Å². The van der Waals surface area contributed by atoms with E-state index >= 15 is 0 Å². The molecule has 0 atom stereocenters. The molecule has 2 aromatic heterocycles. The number of amides is 1. The van der Waals surface area contributed by atoms with E-state index in [-0.39, 0.29) is 29.6 Å². The van der Waals surface area contributed by atoms with Crippen molar-refractivity contribution in [1.29, 1.82) is 0 Å². The van der Waals surface area contributed by atoms with E-state index in [1.54, 1.807) is 18.3 Å². The minimum absolute atomic E-state index is 0.0318. The molecule has 2 aliphatic rings. The topological polar surface area (TPSA) is 120 Å². The number of hydrogen-bond donors (Lipinski definition) is 3. The Morgan fingerprint density at radius 3 is 2.62 bits per heavy atom. The van der Waals surface area contributed by atoms with Gasteiger partial charge < -0.3 is 21.1 Å². The zero-order chi connectivity index (χ0) is 23.7. The van der Waals surface area contributed by atoms with Crippen molar-refractivity contribution >= 4 is 46.3 Å². The van der Waals surface area contributed by atoms with E-state index in [1.165, 1.54) is 6.07 Å². The van der Waals surface area contributed by atoms with Gasteiger partial charge in [0.1, 0.15) is 11.3 Å². The molecule has 0 unspecified atom stereocenters. The molecule has 34 heavy (non-hydrogen) atoms. The maximum Gasteiger partial charge on any atom is 0.224 e. The van der Waals surface area contributed by atoms with Gasteiger partial charge in [0.2, 0.25) is 17.8 Å². The van der Waals surface area contributed by atoms with Gasteiger partial charge in [-0.05, 0) is 56.7 Å². The van der Waals surface area contributed by atoms with Crippen LogP contribution in [0, 0.1) is 11.7 Å². The number of ether oxygens (including phenoxy) is 1.